The summed E-state index contributed by atoms with van der Waals surface area (Å²) in [5, 5.41) is 3.68. The van der Waals surface area contributed by atoms with Crippen molar-refractivity contribution in [3.05, 3.63) is 34.9 Å². The van der Waals surface area contributed by atoms with Crippen molar-refractivity contribution in [3.63, 3.8) is 0 Å². The SMILES string of the molecule is CCC(N)CC(=O)NC(CC)c1cccc(Cl)c1. The van der Waals surface area contributed by atoms with E-state index < -0.39 is 0 Å². The van der Waals surface area contributed by atoms with Gasteiger partial charge in [-0.15, -0.1) is 0 Å². The summed E-state index contributed by atoms with van der Waals surface area (Å²) in [7, 11) is 0. The first-order chi connectivity index (χ1) is 8.56. The number of amides is 1. The van der Waals surface area contributed by atoms with Crippen molar-refractivity contribution in [2.24, 2.45) is 5.73 Å². The first-order valence-corrected chi connectivity index (χ1v) is 6.75. The third kappa shape index (κ3) is 4.67. The van der Waals surface area contributed by atoms with E-state index in [1.54, 1.807) is 0 Å². The lowest BCUT2D eigenvalue weighted by atomic mass is 10.0. The smallest absolute Gasteiger partial charge is 0.222 e. The van der Waals surface area contributed by atoms with Crippen molar-refractivity contribution in [1.82, 2.24) is 5.32 Å². The Balaban J connectivity index is 2.65. The minimum atomic E-state index is -0.0677. The summed E-state index contributed by atoms with van der Waals surface area (Å²) in [6, 6.07) is 7.51. The number of hydrogen-bond donors (Lipinski definition) is 2. The first-order valence-electron chi connectivity index (χ1n) is 6.37. The van der Waals surface area contributed by atoms with Crippen LogP contribution < -0.4 is 11.1 Å². The van der Waals surface area contributed by atoms with Crippen molar-refractivity contribution >= 4 is 17.5 Å². The van der Waals surface area contributed by atoms with Gasteiger partial charge in [-0.1, -0.05) is 37.6 Å². The molecule has 100 valence electrons. The zero-order valence-electron chi connectivity index (χ0n) is 10.9. The molecule has 1 aromatic rings. The first kappa shape index (κ1) is 15.0. The van der Waals surface area contributed by atoms with Crippen LogP contribution in [0.2, 0.25) is 5.02 Å². The lowest BCUT2D eigenvalue weighted by Gasteiger charge is -2.19. The molecule has 0 heterocycles. The fourth-order valence-corrected chi connectivity index (χ4v) is 1.98. The number of halogens is 1. The number of hydrogen-bond acceptors (Lipinski definition) is 2. The van der Waals surface area contributed by atoms with E-state index in [0.717, 1.165) is 18.4 Å². The molecule has 0 aliphatic carbocycles. The van der Waals surface area contributed by atoms with Crippen LogP contribution in [0.1, 0.15) is 44.7 Å². The predicted molar refractivity (Wildman–Crippen MR) is 75.5 cm³/mol. The maximum atomic E-state index is 11.8. The summed E-state index contributed by atoms with van der Waals surface area (Å²) in [5.41, 5.74) is 6.80. The van der Waals surface area contributed by atoms with E-state index in [2.05, 4.69) is 5.32 Å². The van der Waals surface area contributed by atoms with Crippen LogP contribution in [0.5, 0.6) is 0 Å². The fourth-order valence-electron chi connectivity index (χ4n) is 1.78. The van der Waals surface area contributed by atoms with Gasteiger partial charge in [0.2, 0.25) is 5.91 Å². The Hall–Kier alpha value is -1.06. The summed E-state index contributed by atoms with van der Waals surface area (Å²) in [5.74, 6) is -0.00354. The van der Waals surface area contributed by atoms with Gasteiger partial charge in [-0.3, -0.25) is 4.79 Å². The molecule has 0 bridgehead atoms. The second kappa shape index (κ2) is 7.39. The molecule has 3 N–H and O–H groups in total. The number of carbonyl (C=O) groups excluding carboxylic acids is 1. The van der Waals surface area contributed by atoms with Crippen LogP contribution in [0, 0.1) is 0 Å². The van der Waals surface area contributed by atoms with E-state index in [-0.39, 0.29) is 18.0 Å². The second-order valence-corrected chi connectivity index (χ2v) is 4.89. The molecule has 2 atom stereocenters. The topological polar surface area (TPSA) is 55.1 Å². The molecule has 18 heavy (non-hydrogen) atoms. The molecule has 0 radical (unpaired) electrons. The normalized spacial score (nSPS) is 14.0. The number of nitrogens with two attached hydrogens (primary N) is 1. The highest BCUT2D eigenvalue weighted by atomic mass is 35.5. The summed E-state index contributed by atoms with van der Waals surface area (Å²) in [6.45, 7) is 4.01. The van der Waals surface area contributed by atoms with Crippen LogP contribution in [-0.4, -0.2) is 11.9 Å². The second-order valence-electron chi connectivity index (χ2n) is 4.46. The van der Waals surface area contributed by atoms with Gasteiger partial charge in [0.25, 0.3) is 0 Å². The summed E-state index contributed by atoms with van der Waals surface area (Å²) in [4.78, 5) is 11.8. The molecule has 0 saturated carbocycles. The number of carbonyl (C=O) groups is 1. The fraction of sp³-hybridized carbons (Fsp3) is 0.500. The Morgan fingerprint density at radius 3 is 2.67 bits per heavy atom. The number of benzene rings is 1. The van der Waals surface area contributed by atoms with Crippen molar-refractivity contribution in [2.75, 3.05) is 0 Å². The Labute approximate surface area is 114 Å². The minimum Gasteiger partial charge on any atom is -0.349 e. The third-order valence-electron chi connectivity index (χ3n) is 2.97. The number of rotatable bonds is 6. The number of nitrogens with one attached hydrogen (secondary N) is 1. The van der Waals surface area contributed by atoms with Crippen molar-refractivity contribution in [1.29, 1.82) is 0 Å². The molecule has 1 amide bonds. The Morgan fingerprint density at radius 2 is 2.11 bits per heavy atom. The Morgan fingerprint density at radius 1 is 1.39 bits per heavy atom. The van der Waals surface area contributed by atoms with Gasteiger partial charge in [-0.05, 0) is 30.5 Å². The molecule has 3 nitrogen and oxygen atoms in total. The highest BCUT2D eigenvalue weighted by molar-refractivity contribution is 6.30. The highest BCUT2D eigenvalue weighted by Crippen LogP contribution is 2.20. The van der Waals surface area contributed by atoms with E-state index in [9.17, 15) is 4.79 Å². The molecule has 0 saturated heterocycles. The van der Waals surface area contributed by atoms with Gasteiger partial charge >= 0.3 is 0 Å². The van der Waals surface area contributed by atoms with Crippen LogP contribution in [-0.2, 0) is 4.79 Å². The summed E-state index contributed by atoms with van der Waals surface area (Å²) >= 11 is 5.96. The Bertz CT molecular complexity index is 395. The molecule has 0 aliphatic rings. The maximum absolute atomic E-state index is 11.8. The molecule has 4 heteroatoms. The van der Waals surface area contributed by atoms with E-state index >= 15 is 0 Å². The third-order valence-corrected chi connectivity index (χ3v) is 3.20. The van der Waals surface area contributed by atoms with Gasteiger partial charge in [0.05, 0.1) is 6.04 Å². The summed E-state index contributed by atoms with van der Waals surface area (Å²) < 4.78 is 0. The molecule has 1 rings (SSSR count). The largest absolute Gasteiger partial charge is 0.349 e. The van der Waals surface area contributed by atoms with Crippen LogP contribution in [0.25, 0.3) is 0 Å². The molecular weight excluding hydrogens is 248 g/mol. The Kier molecular flexibility index (Phi) is 6.16. The molecule has 0 spiro atoms. The zero-order chi connectivity index (χ0) is 13.5. The quantitative estimate of drug-likeness (QED) is 0.833. The zero-order valence-corrected chi connectivity index (χ0v) is 11.7. The van der Waals surface area contributed by atoms with E-state index in [0.29, 0.717) is 11.4 Å². The molecule has 0 aromatic heterocycles. The monoisotopic (exact) mass is 268 g/mol. The molecule has 1 aromatic carbocycles. The van der Waals surface area contributed by atoms with Crippen molar-refractivity contribution in [2.45, 2.75) is 45.2 Å². The van der Waals surface area contributed by atoms with Gasteiger partial charge in [0, 0.05) is 17.5 Å². The van der Waals surface area contributed by atoms with Crippen LogP contribution in [0.3, 0.4) is 0 Å². The van der Waals surface area contributed by atoms with Gasteiger partial charge in [0.1, 0.15) is 0 Å². The van der Waals surface area contributed by atoms with Gasteiger partial charge < -0.3 is 11.1 Å². The van der Waals surface area contributed by atoms with Crippen LogP contribution in [0.4, 0.5) is 0 Å². The van der Waals surface area contributed by atoms with E-state index in [1.807, 2.05) is 38.1 Å². The molecule has 0 fully saturated rings. The van der Waals surface area contributed by atoms with E-state index in [4.69, 9.17) is 17.3 Å². The predicted octanol–water partition coefficient (Wildman–Crippen LogP) is 3.03. The van der Waals surface area contributed by atoms with Crippen LogP contribution >= 0.6 is 11.6 Å². The molecular formula is C14H21ClN2O. The highest BCUT2D eigenvalue weighted by Gasteiger charge is 2.14. The average Bonchev–Trinajstić information content (AvgIpc) is 2.35. The molecule has 0 aliphatic heterocycles. The van der Waals surface area contributed by atoms with Crippen LogP contribution in [0.15, 0.2) is 24.3 Å². The van der Waals surface area contributed by atoms with Gasteiger partial charge in [-0.2, -0.15) is 0 Å². The van der Waals surface area contributed by atoms with Crippen molar-refractivity contribution < 1.29 is 4.79 Å². The van der Waals surface area contributed by atoms with E-state index in [1.165, 1.54) is 0 Å². The lowest BCUT2D eigenvalue weighted by molar-refractivity contribution is -0.122. The van der Waals surface area contributed by atoms with Crippen molar-refractivity contribution in [3.8, 4) is 0 Å². The van der Waals surface area contributed by atoms with Gasteiger partial charge in [-0.25, -0.2) is 0 Å². The maximum Gasteiger partial charge on any atom is 0.222 e. The summed E-state index contributed by atoms with van der Waals surface area (Å²) in [6.07, 6.45) is 2.00. The lowest BCUT2D eigenvalue weighted by Crippen LogP contribution is -2.33. The van der Waals surface area contributed by atoms with Gasteiger partial charge in [0.15, 0.2) is 0 Å². The average molecular weight is 269 g/mol. The standard InChI is InChI=1S/C14H21ClN2O/c1-3-12(16)9-14(18)17-13(4-2)10-6-5-7-11(15)8-10/h5-8,12-13H,3-4,9,16H2,1-2H3,(H,17,18). The minimum absolute atomic E-state index is 0.000237. The molecule has 2 unspecified atom stereocenters.